The normalized spacial score (nSPS) is 15.3. The zero-order valence-electron chi connectivity index (χ0n) is 11.2. The number of pyridine rings is 1. The molecule has 1 N–H and O–H groups in total. The molecule has 2 atom stereocenters. The van der Waals surface area contributed by atoms with Gasteiger partial charge in [0.25, 0.3) is 0 Å². The number of hydrogen-bond acceptors (Lipinski definition) is 3. The number of methoxy groups -OCH3 is 1. The quantitative estimate of drug-likeness (QED) is 0.841. The van der Waals surface area contributed by atoms with E-state index < -0.39 is 18.0 Å². The van der Waals surface area contributed by atoms with Crippen molar-refractivity contribution >= 4 is 0 Å². The van der Waals surface area contributed by atoms with Crippen LogP contribution in [0.15, 0.2) is 12.3 Å². The van der Waals surface area contributed by atoms with Crippen molar-refractivity contribution in [1.29, 1.82) is 0 Å². The maximum absolute atomic E-state index is 12.6. The maximum Gasteiger partial charge on any atom is 0.417 e. The largest absolute Gasteiger partial charge is 0.417 e. The minimum absolute atomic E-state index is 0.000987. The molecule has 108 valence electrons. The number of aromatic nitrogens is 1. The Balaban J connectivity index is 2.83. The molecule has 1 aromatic heterocycles. The number of aliphatic hydroxyl groups is 1. The van der Waals surface area contributed by atoms with Crippen LogP contribution in [0, 0.1) is 12.8 Å². The SMILES string of the molecule is COC(O)CC(C)Cc1cc(C(F)(F)F)cnc1C. The molecule has 19 heavy (non-hydrogen) atoms. The summed E-state index contributed by atoms with van der Waals surface area (Å²) >= 11 is 0. The zero-order valence-corrected chi connectivity index (χ0v) is 11.2. The monoisotopic (exact) mass is 277 g/mol. The fourth-order valence-corrected chi connectivity index (χ4v) is 1.84. The Morgan fingerprint density at radius 1 is 1.42 bits per heavy atom. The molecule has 6 heteroatoms. The van der Waals surface area contributed by atoms with Crippen LogP contribution >= 0.6 is 0 Å². The van der Waals surface area contributed by atoms with E-state index in [0.29, 0.717) is 24.1 Å². The van der Waals surface area contributed by atoms with E-state index in [0.717, 1.165) is 12.3 Å². The van der Waals surface area contributed by atoms with Gasteiger partial charge in [-0.05, 0) is 30.9 Å². The molecule has 0 spiro atoms. The fourth-order valence-electron chi connectivity index (χ4n) is 1.84. The molecule has 0 saturated heterocycles. The van der Waals surface area contributed by atoms with Crippen LogP contribution in [0.25, 0.3) is 0 Å². The molecule has 0 aliphatic rings. The lowest BCUT2D eigenvalue weighted by Gasteiger charge is -2.17. The van der Waals surface area contributed by atoms with Crippen LogP contribution in [0.4, 0.5) is 13.2 Å². The summed E-state index contributed by atoms with van der Waals surface area (Å²) in [7, 11) is 1.38. The summed E-state index contributed by atoms with van der Waals surface area (Å²) in [6.45, 7) is 3.52. The van der Waals surface area contributed by atoms with Gasteiger partial charge in [0.1, 0.15) is 0 Å². The molecule has 0 amide bonds. The highest BCUT2D eigenvalue weighted by molar-refractivity contribution is 5.26. The average Bonchev–Trinajstić information content (AvgIpc) is 2.30. The standard InChI is InChI=1S/C13H18F3NO2/c1-8(5-12(18)19-3)4-10-6-11(13(14,15)16)7-17-9(10)2/h6-8,12,18H,4-5H2,1-3H3. The number of aryl methyl sites for hydroxylation is 1. The van der Waals surface area contributed by atoms with Gasteiger partial charge in [0, 0.05) is 25.4 Å². The van der Waals surface area contributed by atoms with Crippen molar-refractivity contribution in [2.75, 3.05) is 7.11 Å². The fraction of sp³-hybridized carbons (Fsp3) is 0.615. The summed E-state index contributed by atoms with van der Waals surface area (Å²) in [6, 6.07) is 1.12. The van der Waals surface area contributed by atoms with Crippen molar-refractivity contribution in [3.05, 3.63) is 29.1 Å². The topological polar surface area (TPSA) is 42.4 Å². The number of hydrogen-bond donors (Lipinski definition) is 1. The van der Waals surface area contributed by atoms with E-state index >= 15 is 0 Å². The number of rotatable bonds is 5. The molecule has 3 nitrogen and oxygen atoms in total. The summed E-state index contributed by atoms with van der Waals surface area (Å²) in [6.07, 6.45) is -3.65. The van der Waals surface area contributed by atoms with Gasteiger partial charge < -0.3 is 9.84 Å². The minimum Gasteiger partial charge on any atom is -0.368 e. The lowest BCUT2D eigenvalue weighted by molar-refractivity contribution is -0.137. The van der Waals surface area contributed by atoms with E-state index in [1.165, 1.54) is 7.11 Å². The van der Waals surface area contributed by atoms with E-state index in [4.69, 9.17) is 4.74 Å². The van der Waals surface area contributed by atoms with Crippen molar-refractivity contribution in [2.24, 2.45) is 5.92 Å². The first-order valence-corrected chi connectivity index (χ1v) is 5.97. The second kappa shape index (κ2) is 6.34. The highest BCUT2D eigenvalue weighted by Crippen LogP contribution is 2.30. The van der Waals surface area contributed by atoms with Crippen LogP contribution in [0.2, 0.25) is 0 Å². The highest BCUT2D eigenvalue weighted by atomic mass is 19.4. The molecule has 0 aliphatic carbocycles. The van der Waals surface area contributed by atoms with Crippen LogP contribution in [0.1, 0.15) is 30.2 Å². The van der Waals surface area contributed by atoms with Crippen LogP contribution in [-0.4, -0.2) is 23.5 Å². The number of halogens is 3. The summed E-state index contributed by atoms with van der Waals surface area (Å²) in [4.78, 5) is 3.78. The molecule has 0 aromatic carbocycles. The Bertz CT molecular complexity index is 421. The van der Waals surface area contributed by atoms with Gasteiger partial charge in [0.05, 0.1) is 5.56 Å². The summed E-state index contributed by atoms with van der Waals surface area (Å²) < 4.78 is 42.5. The Morgan fingerprint density at radius 2 is 2.05 bits per heavy atom. The van der Waals surface area contributed by atoms with Gasteiger partial charge in [-0.2, -0.15) is 13.2 Å². The van der Waals surface area contributed by atoms with Gasteiger partial charge in [-0.1, -0.05) is 6.92 Å². The van der Waals surface area contributed by atoms with Gasteiger partial charge in [-0.25, -0.2) is 0 Å². The van der Waals surface area contributed by atoms with Crippen molar-refractivity contribution in [1.82, 2.24) is 4.98 Å². The molecule has 0 aliphatic heterocycles. The minimum atomic E-state index is -4.38. The van der Waals surface area contributed by atoms with Crippen molar-refractivity contribution in [3.8, 4) is 0 Å². The molecule has 0 fully saturated rings. The summed E-state index contributed by atoms with van der Waals surface area (Å²) in [5.41, 5.74) is 0.380. The molecule has 0 radical (unpaired) electrons. The number of ether oxygens (including phenoxy) is 1. The van der Waals surface area contributed by atoms with Crippen molar-refractivity contribution in [2.45, 2.75) is 39.2 Å². The van der Waals surface area contributed by atoms with Crippen LogP contribution in [-0.2, 0) is 17.3 Å². The second-order valence-corrected chi connectivity index (χ2v) is 4.70. The zero-order chi connectivity index (χ0) is 14.6. The summed E-state index contributed by atoms with van der Waals surface area (Å²) in [5.74, 6) is -0.000987. The number of nitrogens with zero attached hydrogens (tertiary/aromatic N) is 1. The van der Waals surface area contributed by atoms with Gasteiger partial charge in [-0.15, -0.1) is 0 Å². The Kier molecular flexibility index (Phi) is 5.31. The molecular weight excluding hydrogens is 259 g/mol. The molecule has 1 aromatic rings. The Hall–Kier alpha value is -1.14. The average molecular weight is 277 g/mol. The van der Waals surface area contributed by atoms with E-state index in [9.17, 15) is 18.3 Å². The van der Waals surface area contributed by atoms with Crippen molar-refractivity contribution in [3.63, 3.8) is 0 Å². The predicted molar refractivity (Wildman–Crippen MR) is 64.5 cm³/mol. The lowest BCUT2D eigenvalue weighted by Crippen LogP contribution is -2.16. The molecule has 0 saturated carbocycles. The molecular formula is C13H18F3NO2. The van der Waals surface area contributed by atoms with Crippen molar-refractivity contribution < 1.29 is 23.0 Å². The van der Waals surface area contributed by atoms with Gasteiger partial charge >= 0.3 is 6.18 Å². The van der Waals surface area contributed by atoms with E-state index in [2.05, 4.69) is 4.98 Å². The third-order valence-corrected chi connectivity index (χ3v) is 2.96. The first-order valence-electron chi connectivity index (χ1n) is 5.97. The third-order valence-electron chi connectivity index (χ3n) is 2.96. The number of alkyl halides is 3. The molecule has 2 unspecified atom stereocenters. The van der Waals surface area contributed by atoms with E-state index in [1.807, 2.05) is 6.92 Å². The van der Waals surface area contributed by atoms with Crippen LogP contribution in [0.5, 0.6) is 0 Å². The highest BCUT2D eigenvalue weighted by Gasteiger charge is 2.31. The van der Waals surface area contributed by atoms with Gasteiger partial charge in [-0.3, -0.25) is 4.98 Å². The van der Waals surface area contributed by atoms with Gasteiger partial charge in [0.15, 0.2) is 6.29 Å². The maximum atomic E-state index is 12.6. The number of aliphatic hydroxyl groups excluding tert-OH is 1. The molecule has 0 bridgehead atoms. The second-order valence-electron chi connectivity index (χ2n) is 4.70. The predicted octanol–water partition coefficient (Wildman–Crippen LogP) is 2.94. The summed E-state index contributed by atoms with van der Waals surface area (Å²) in [5, 5.41) is 9.34. The third kappa shape index (κ3) is 4.80. The first kappa shape index (κ1) is 15.9. The molecule has 1 rings (SSSR count). The first-order chi connectivity index (χ1) is 8.74. The van der Waals surface area contributed by atoms with Gasteiger partial charge in [0.2, 0.25) is 0 Å². The Morgan fingerprint density at radius 3 is 2.58 bits per heavy atom. The smallest absolute Gasteiger partial charge is 0.368 e. The van der Waals surface area contributed by atoms with Crippen LogP contribution < -0.4 is 0 Å². The molecule has 1 heterocycles. The van der Waals surface area contributed by atoms with E-state index in [1.54, 1.807) is 6.92 Å². The lowest BCUT2D eigenvalue weighted by atomic mass is 9.96. The van der Waals surface area contributed by atoms with Crippen LogP contribution in [0.3, 0.4) is 0 Å². The van der Waals surface area contributed by atoms with E-state index in [-0.39, 0.29) is 5.92 Å². The Labute approximate surface area is 110 Å².